The van der Waals surface area contributed by atoms with Gasteiger partial charge in [-0.3, -0.25) is 9.59 Å². The fourth-order valence-electron chi connectivity index (χ4n) is 4.95. The summed E-state index contributed by atoms with van der Waals surface area (Å²) in [6.45, 7) is 4.52. The summed E-state index contributed by atoms with van der Waals surface area (Å²) < 4.78 is 30.0. The van der Waals surface area contributed by atoms with Crippen LogP contribution >= 0.6 is 0 Å². The molecule has 2 aromatic heterocycles. The number of hydrogen-bond donors (Lipinski definition) is 2. The van der Waals surface area contributed by atoms with E-state index in [0.29, 0.717) is 30.1 Å². The van der Waals surface area contributed by atoms with E-state index in [4.69, 9.17) is 9.62 Å². The number of benzene rings is 1. The molecule has 1 aliphatic carbocycles. The number of sulfone groups is 1. The van der Waals surface area contributed by atoms with Gasteiger partial charge in [-0.15, -0.1) is 0 Å². The van der Waals surface area contributed by atoms with Crippen molar-refractivity contribution >= 4 is 27.5 Å². The van der Waals surface area contributed by atoms with Gasteiger partial charge in [0.2, 0.25) is 5.91 Å². The van der Waals surface area contributed by atoms with Gasteiger partial charge in [0, 0.05) is 24.8 Å². The van der Waals surface area contributed by atoms with Crippen LogP contribution < -0.4 is 10.6 Å². The molecule has 196 valence electrons. The number of nitrogens with zero attached hydrogens (tertiary/aromatic N) is 3. The van der Waals surface area contributed by atoms with Crippen molar-refractivity contribution < 1.29 is 22.5 Å². The van der Waals surface area contributed by atoms with E-state index < -0.39 is 21.5 Å². The minimum absolute atomic E-state index is 0.272. The minimum atomic E-state index is -3.52. The average molecular weight is 526 g/mol. The second-order valence-electron chi connectivity index (χ2n) is 10.1. The van der Waals surface area contributed by atoms with Gasteiger partial charge in [0.05, 0.1) is 17.4 Å². The number of nitrogens with one attached hydrogen (secondary N) is 2. The third kappa shape index (κ3) is 5.46. The van der Waals surface area contributed by atoms with Crippen molar-refractivity contribution in [2.75, 3.05) is 17.3 Å². The molecule has 37 heavy (non-hydrogen) atoms. The highest BCUT2D eigenvalue weighted by Crippen LogP contribution is 2.36. The van der Waals surface area contributed by atoms with Crippen molar-refractivity contribution in [3.8, 4) is 11.1 Å². The van der Waals surface area contributed by atoms with Crippen LogP contribution in [-0.4, -0.2) is 47.2 Å². The number of anilines is 1. The molecule has 5 rings (SSSR count). The zero-order chi connectivity index (χ0) is 26.3. The number of aromatic nitrogens is 3. The molecule has 11 heteroatoms. The fraction of sp³-hybridized carbons (Fsp3) is 0.462. The number of aryl methyl sites for hydroxylation is 3. The van der Waals surface area contributed by atoms with Gasteiger partial charge in [-0.25, -0.2) is 13.1 Å². The van der Waals surface area contributed by atoms with Crippen LogP contribution in [0.25, 0.3) is 11.1 Å². The Labute approximate surface area is 215 Å². The van der Waals surface area contributed by atoms with Crippen LogP contribution in [0.3, 0.4) is 0 Å². The summed E-state index contributed by atoms with van der Waals surface area (Å²) in [7, 11) is -3.52. The Morgan fingerprint density at radius 1 is 1.30 bits per heavy atom. The Hall–Kier alpha value is -3.47. The first-order valence-electron chi connectivity index (χ1n) is 12.5. The molecule has 0 bridgehead atoms. The highest BCUT2D eigenvalue weighted by molar-refractivity contribution is 7.91. The number of hydrogen-bond acceptors (Lipinski definition) is 7. The molecule has 1 saturated carbocycles. The Balaban J connectivity index is 1.45. The van der Waals surface area contributed by atoms with Crippen LogP contribution in [0.15, 0.2) is 29.0 Å². The lowest BCUT2D eigenvalue weighted by atomic mass is 9.89. The molecular weight excluding hydrogens is 494 g/mol. The van der Waals surface area contributed by atoms with E-state index in [1.165, 1.54) is 12.8 Å². The molecule has 0 unspecified atom stereocenters. The molecule has 1 fully saturated rings. The Kier molecular flexibility index (Phi) is 6.65. The average Bonchev–Trinajstić information content (AvgIpc) is 3.46. The van der Waals surface area contributed by atoms with E-state index >= 15 is 0 Å². The fourth-order valence-corrected chi connectivity index (χ4v) is 5.50. The standard InChI is InChI=1S/C26H31N5O5S/c1-4-17-11-18(20-13-36-30-15(20)2)7-8-19(17)21-12-22-24(26(33)27-21)25(28-23(32)14-37(3,34)35)31(29-22)10-9-16-5-6-16/h7-8,11,13,16,21H,4-6,9-10,12,14H2,1-3H3,(H,27,33)(H,28,32)/t21-/m1/s1. The van der Waals surface area contributed by atoms with Gasteiger partial charge in [0.1, 0.15) is 23.4 Å². The van der Waals surface area contributed by atoms with Crippen molar-refractivity contribution in [3.05, 3.63) is 52.5 Å². The lowest BCUT2D eigenvalue weighted by Gasteiger charge is -2.26. The maximum Gasteiger partial charge on any atom is 0.257 e. The first-order valence-corrected chi connectivity index (χ1v) is 14.6. The molecule has 0 radical (unpaired) electrons. The van der Waals surface area contributed by atoms with Crippen LogP contribution in [0.4, 0.5) is 5.82 Å². The minimum Gasteiger partial charge on any atom is -0.364 e. The molecule has 2 amide bonds. The Bertz CT molecular complexity index is 1470. The SMILES string of the molecule is CCc1cc(-c2conc2C)ccc1[C@H]1Cc2nn(CCC3CC3)c(NC(=O)CS(C)(=O)=O)c2C(=O)N1. The smallest absolute Gasteiger partial charge is 0.257 e. The molecule has 2 N–H and O–H groups in total. The second kappa shape index (κ2) is 9.77. The van der Waals surface area contributed by atoms with E-state index in [0.717, 1.165) is 47.0 Å². The number of fused-ring (bicyclic) bond motifs is 1. The van der Waals surface area contributed by atoms with Crippen LogP contribution in [0.1, 0.15) is 65.1 Å². The van der Waals surface area contributed by atoms with E-state index in [9.17, 15) is 18.0 Å². The predicted molar refractivity (Wildman–Crippen MR) is 138 cm³/mol. The number of amides is 2. The van der Waals surface area contributed by atoms with Gasteiger partial charge in [-0.05, 0) is 42.4 Å². The van der Waals surface area contributed by atoms with E-state index in [2.05, 4.69) is 28.8 Å². The molecule has 0 saturated heterocycles. The third-order valence-electron chi connectivity index (χ3n) is 7.01. The number of carbonyl (C=O) groups is 2. The van der Waals surface area contributed by atoms with Gasteiger partial charge in [0.25, 0.3) is 5.91 Å². The van der Waals surface area contributed by atoms with Gasteiger partial charge < -0.3 is 15.2 Å². The lowest BCUT2D eigenvalue weighted by Crippen LogP contribution is -2.36. The molecule has 0 spiro atoms. The summed E-state index contributed by atoms with van der Waals surface area (Å²) >= 11 is 0. The number of rotatable bonds is 9. The zero-order valence-corrected chi connectivity index (χ0v) is 22.0. The van der Waals surface area contributed by atoms with Crippen LogP contribution in [0, 0.1) is 12.8 Å². The molecule has 3 aromatic rings. The Morgan fingerprint density at radius 2 is 2.08 bits per heavy atom. The molecule has 1 atom stereocenters. The zero-order valence-electron chi connectivity index (χ0n) is 21.2. The van der Waals surface area contributed by atoms with Crippen LogP contribution in [0.2, 0.25) is 0 Å². The molecule has 1 aliphatic heterocycles. The van der Waals surface area contributed by atoms with Gasteiger partial charge >= 0.3 is 0 Å². The third-order valence-corrected chi connectivity index (χ3v) is 7.80. The summed E-state index contributed by atoms with van der Waals surface area (Å²) in [6.07, 6.45) is 7.11. The van der Waals surface area contributed by atoms with Crippen LogP contribution in [0.5, 0.6) is 0 Å². The maximum atomic E-state index is 13.4. The quantitative estimate of drug-likeness (QED) is 0.438. The van der Waals surface area contributed by atoms with Gasteiger partial charge in [0.15, 0.2) is 9.84 Å². The molecule has 1 aromatic carbocycles. The van der Waals surface area contributed by atoms with E-state index in [-0.39, 0.29) is 17.8 Å². The van der Waals surface area contributed by atoms with E-state index in [1.807, 2.05) is 19.1 Å². The van der Waals surface area contributed by atoms with Crippen LogP contribution in [-0.2, 0) is 34.0 Å². The lowest BCUT2D eigenvalue weighted by molar-refractivity contribution is -0.113. The maximum absolute atomic E-state index is 13.4. The van der Waals surface area contributed by atoms with Crippen molar-refractivity contribution in [2.45, 2.75) is 58.5 Å². The van der Waals surface area contributed by atoms with Gasteiger partial charge in [-0.1, -0.05) is 43.1 Å². The number of carbonyl (C=O) groups excluding carboxylic acids is 2. The van der Waals surface area contributed by atoms with Crippen molar-refractivity contribution in [3.63, 3.8) is 0 Å². The molecule has 10 nitrogen and oxygen atoms in total. The normalized spacial score (nSPS) is 17.4. The van der Waals surface area contributed by atoms with Crippen molar-refractivity contribution in [1.29, 1.82) is 0 Å². The summed E-state index contributed by atoms with van der Waals surface area (Å²) in [5.41, 5.74) is 5.76. The summed E-state index contributed by atoms with van der Waals surface area (Å²) in [5, 5.41) is 14.4. The van der Waals surface area contributed by atoms with Crippen molar-refractivity contribution in [2.24, 2.45) is 5.92 Å². The highest BCUT2D eigenvalue weighted by atomic mass is 32.2. The molecule has 2 aliphatic rings. The first kappa shape index (κ1) is 25.2. The summed E-state index contributed by atoms with van der Waals surface area (Å²) in [6, 6.07) is 5.84. The van der Waals surface area contributed by atoms with E-state index in [1.54, 1.807) is 10.9 Å². The molecular formula is C26H31N5O5S. The van der Waals surface area contributed by atoms with Crippen molar-refractivity contribution in [1.82, 2.24) is 20.3 Å². The topological polar surface area (TPSA) is 136 Å². The Morgan fingerprint density at radius 3 is 2.73 bits per heavy atom. The predicted octanol–water partition coefficient (Wildman–Crippen LogP) is 3.22. The monoisotopic (exact) mass is 525 g/mol. The largest absolute Gasteiger partial charge is 0.364 e. The highest BCUT2D eigenvalue weighted by Gasteiger charge is 2.34. The molecule has 3 heterocycles. The first-order chi connectivity index (χ1) is 17.6. The summed E-state index contributed by atoms with van der Waals surface area (Å²) in [4.78, 5) is 25.8. The van der Waals surface area contributed by atoms with Gasteiger partial charge in [-0.2, -0.15) is 5.10 Å². The second-order valence-corrected chi connectivity index (χ2v) is 12.2. The summed E-state index contributed by atoms with van der Waals surface area (Å²) in [5.74, 6) is -0.769.